The third-order valence-electron chi connectivity index (χ3n) is 4.27. The van der Waals surface area contributed by atoms with E-state index in [4.69, 9.17) is 0 Å². The minimum atomic E-state index is -3.47. The Morgan fingerprint density at radius 2 is 1.86 bits per heavy atom. The molecule has 0 radical (unpaired) electrons. The number of rotatable bonds is 2. The van der Waals surface area contributed by atoms with Crippen LogP contribution in [0.2, 0.25) is 0 Å². The molecule has 4 nitrogen and oxygen atoms in total. The van der Waals surface area contributed by atoms with E-state index in [9.17, 15) is 8.42 Å². The molecule has 0 saturated heterocycles. The van der Waals surface area contributed by atoms with Crippen LogP contribution < -0.4 is 0 Å². The molecule has 4 rings (SSSR count). The van der Waals surface area contributed by atoms with Crippen LogP contribution in [0.5, 0.6) is 0 Å². The van der Waals surface area contributed by atoms with Gasteiger partial charge in [-0.25, -0.2) is 8.42 Å². The SMILES string of the molecule is CN1Cc2c[nH]c3cccc(c23)C1S(=O)(=O)c1ccccc1. The maximum absolute atomic E-state index is 13.1. The smallest absolute Gasteiger partial charge is 0.198 e. The molecule has 22 heavy (non-hydrogen) atoms. The van der Waals surface area contributed by atoms with Crippen molar-refractivity contribution in [3.8, 4) is 0 Å². The van der Waals surface area contributed by atoms with Crippen molar-refractivity contribution < 1.29 is 8.42 Å². The Labute approximate surface area is 129 Å². The highest BCUT2D eigenvalue weighted by molar-refractivity contribution is 7.91. The molecule has 3 aromatic rings. The average molecular weight is 312 g/mol. The van der Waals surface area contributed by atoms with E-state index in [1.54, 1.807) is 24.3 Å². The van der Waals surface area contributed by atoms with Gasteiger partial charge < -0.3 is 4.98 Å². The second-order valence-corrected chi connectivity index (χ2v) is 7.72. The first-order valence-electron chi connectivity index (χ1n) is 7.17. The van der Waals surface area contributed by atoms with Crippen molar-refractivity contribution in [3.05, 3.63) is 65.9 Å². The minimum absolute atomic E-state index is 0.364. The van der Waals surface area contributed by atoms with E-state index in [0.717, 1.165) is 22.0 Å². The van der Waals surface area contributed by atoms with Gasteiger partial charge in [0.25, 0.3) is 0 Å². The first kappa shape index (κ1) is 13.5. The molecule has 5 heteroatoms. The fourth-order valence-electron chi connectivity index (χ4n) is 3.35. The molecule has 1 aromatic heterocycles. The molecule has 0 aliphatic carbocycles. The van der Waals surface area contributed by atoms with Crippen molar-refractivity contribution >= 4 is 20.7 Å². The van der Waals surface area contributed by atoms with Crippen molar-refractivity contribution in [1.82, 2.24) is 9.88 Å². The third-order valence-corrected chi connectivity index (χ3v) is 6.40. The van der Waals surface area contributed by atoms with Gasteiger partial charge >= 0.3 is 0 Å². The number of H-pyrrole nitrogens is 1. The lowest BCUT2D eigenvalue weighted by Crippen LogP contribution is -2.33. The van der Waals surface area contributed by atoms with Gasteiger partial charge in [-0.3, -0.25) is 4.90 Å². The maximum atomic E-state index is 13.1. The summed E-state index contributed by atoms with van der Waals surface area (Å²) in [4.78, 5) is 5.49. The molecule has 0 spiro atoms. The third kappa shape index (κ3) is 1.82. The summed E-state index contributed by atoms with van der Waals surface area (Å²) < 4.78 is 26.2. The Morgan fingerprint density at radius 3 is 2.64 bits per heavy atom. The van der Waals surface area contributed by atoms with Crippen LogP contribution in [-0.2, 0) is 16.4 Å². The van der Waals surface area contributed by atoms with Crippen molar-refractivity contribution in [3.63, 3.8) is 0 Å². The number of nitrogens with one attached hydrogen (secondary N) is 1. The summed E-state index contributed by atoms with van der Waals surface area (Å²) in [6.07, 6.45) is 1.97. The molecule has 1 N–H and O–H groups in total. The molecule has 1 aliphatic rings. The highest BCUT2D eigenvalue weighted by Gasteiger charge is 2.37. The Kier molecular flexibility index (Phi) is 2.89. The summed E-state index contributed by atoms with van der Waals surface area (Å²) in [6, 6.07) is 14.5. The monoisotopic (exact) mass is 312 g/mol. The molecular weight excluding hydrogens is 296 g/mol. The highest BCUT2D eigenvalue weighted by atomic mass is 32.2. The number of aromatic nitrogens is 1. The molecule has 0 bridgehead atoms. The molecule has 0 saturated carbocycles. The van der Waals surface area contributed by atoms with Crippen molar-refractivity contribution in [2.75, 3.05) is 7.05 Å². The molecule has 0 fully saturated rings. The largest absolute Gasteiger partial charge is 0.361 e. The predicted octanol–water partition coefficient (Wildman–Crippen LogP) is 3.09. The summed E-state index contributed by atoms with van der Waals surface area (Å²) in [7, 11) is -1.61. The molecule has 0 amide bonds. The highest BCUT2D eigenvalue weighted by Crippen LogP contribution is 2.41. The van der Waals surface area contributed by atoms with E-state index < -0.39 is 15.2 Å². The Bertz CT molecular complexity index is 945. The van der Waals surface area contributed by atoms with E-state index in [0.29, 0.717) is 11.4 Å². The number of hydrogen-bond acceptors (Lipinski definition) is 3. The lowest BCUT2D eigenvalue weighted by molar-refractivity contribution is 0.292. The zero-order valence-electron chi connectivity index (χ0n) is 12.2. The van der Waals surface area contributed by atoms with Crippen LogP contribution in [0.25, 0.3) is 10.9 Å². The van der Waals surface area contributed by atoms with E-state index in [2.05, 4.69) is 4.98 Å². The predicted molar refractivity (Wildman–Crippen MR) is 86.1 cm³/mol. The zero-order chi connectivity index (χ0) is 15.3. The number of hydrogen-bond donors (Lipinski definition) is 1. The van der Waals surface area contributed by atoms with Gasteiger partial charge in [-0.2, -0.15) is 0 Å². The number of nitrogens with zero attached hydrogens (tertiary/aromatic N) is 1. The Hall–Kier alpha value is -2.11. The van der Waals surface area contributed by atoms with Gasteiger partial charge in [0, 0.05) is 23.6 Å². The van der Waals surface area contributed by atoms with Gasteiger partial charge in [-0.05, 0) is 36.4 Å². The van der Waals surface area contributed by atoms with E-state index in [-0.39, 0.29) is 0 Å². The molecule has 1 aliphatic heterocycles. The van der Waals surface area contributed by atoms with Crippen LogP contribution in [0.15, 0.2) is 59.6 Å². The first-order chi connectivity index (χ1) is 10.6. The number of sulfone groups is 1. The summed E-state index contributed by atoms with van der Waals surface area (Å²) >= 11 is 0. The molecule has 2 aromatic carbocycles. The van der Waals surface area contributed by atoms with E-state index in [1.165, 1.54) is 0 Å². The summed E-state index contributed by atoms with van der Waals surface area (Å²) in [6.45, 7) is 0.619. The van der Waals surface area contributed by atoms with Crippen LogP contribution >= 0.6 is 0 Å². The first-order valence-corrected chi connectivity index (χ1v) is 8.72. The fraction of sp³-hybridized carbons (Fsp3) is 0.176. The maximum Gasteiger partial charge on any atom is 0.198 e. The normalized spacial score (nSPS) is 18.7. The zero-order valence-corrected chi connectivity index (χ0v) is 13.0. The number of benzene rings is 2. The standard InChI is InChI=1S/C17H16N2O2S/c1-19-11-12-10-18-15-9-5-8-14(16(12)15)17(19)22(20,21)13-6-3-2-4-7-13/h2-10,17-18H,11H2,1H3. The van der Waals surface area contributed by atoms with Crippen LogP contribution in [0.1, 0.15) is 16.5 Å². The van der Waals surface area contributed by atoms with Crippen LogP contribution in [0.4, 0.5) is 0 Å². The lowest BCUT2D eigenvalue weighted by Gasteiger charge is -2.32. The summed E-state index contributed by atoms with van der Waals surface area (Å²) in [5.74, 6) is 0. The second-order valence-electron chi connectivity index (χ2n) is 5.71. The van der Waals surface area contributed by atoms with Crippen LogP contribution in [-0.4, -0.2) is 25.3 Å². The molecular formula is C17H16N2O2S. The second kappa shape index (κ2) is 4.69. The summed E-state index contributed by atoms with van der Waals surface area (Å²) in [5.41, 5.74) is 2.99. The Balaban J connectivity index is 1.97. The van der Waals surface area contributed by atoms with Gasteiger partial charge in [0.2, 0.25) is 0 Å². The van der Waals surface area contributed by atoms with Gasteiger partial charge in [-0.1, -0.05) is 30.3 Å². The van der Waals surface area contributed by atoms with Gasteiger partial charge in [0.1, 0.15) is 5.37 Å². The van der Waals surface area contributed by atoms with Crippen molar-refractivity contribution in [2.45, 2.75) is 16.8 Å². The van der Waals surface area contributed by atoms with Crippen LogP contribution in [0, 0.1) is 0 Å². The van der Waals surface area contributed by atoms with Crippen molar-refractivity contribution in [2.24, 2.45) is 0 Å². The van der Waals surface area contributed by atoms with E-state index in [1.807, 2.05) is 42.4 Å². The lowest BCUT2D eigenvalue weighted by atomic mass is 10.0. The van der Waals surface area contributed by atoms with Gasteiger partial charge in [0.05, 0.1) is 4.90 Å². The quantitative estimate of drug-likeness (QED) is 0.791. The fourth-order valence-corrected chi connectivity index (χ4v) is 5.22. The van der Waals surface area contributed by atoms with Gasteiger partial charge in [-0.15, -0.1) is 0 Å². The van der Waals surface area contributed by atoms with Gasteiger partial charge in [0.15, 0.2) is 9.84 Å². The van der Waals surface area contributed by atoms with Crippen molar-refractivity contribution in [1.29, 1.82) is 0 Å². The minimum Gasteiger partial charge on any atom is -0.361 e. The van der Waals surface area contributed by atoms with E-state index >= 15 is 0 Å². The average Bonchev–Trinajstić information content (AvgIpc) is 2.92. The molecule has 112 valence electrons. The summed E-state index contributed by atoms with van der Waals surface area (Å²) in [5, 5.41) is 0.395. The number of aromatic amines is 1. The molecule has 1 atom stereocenters. The van der Waals surface area contributed by atoms with Crippen LogP contribution in [0.3, 0.4) is 0 Å². The molecule has 1 unspecified atom stereocenters. The Morgan fingerprint density at radius 1 is 1.09 bits per heavy atom. The molecule has 2 heterocycles. The topological polar surface area (TPSA) is 53.2 Å².